The number of hydrogen-bond acceptors (Lipinski definition) is 2. The van der Waals surface area contributed by atoms with Gasteiger partial charge in [0, 0.05) is 0 Å². The maximum Gasteiger partial charge on any atom is 0.151 e. The monoisotopic (exact) mass is 262 g/mol. The Bertz CT molecular complexity index is 465. The fourth-order valence-electron chi connectivity index (χ4n) is 3.55. The zero-order chi connectivity index (χ0) is 14.3. The van der Waals surface area contributed by atoms with Crippen molar-refractivity contribution in [2.75, 3.05) is 0 Å². The Kier molecular flexibility index (Phi) is 3.54. The van der Waals surface area contributed by atoms with Crippen LogP contribution in [0.3, 0.4) is 0 Å². The van der Waals surface area contributed by atoms with Crippen LogP contribution in [0.25, 0.3) is 0 Å². The quantitative estimate of drug-likeness (QED) is 0.847. The minimum atomic E-state index is -0.726. The van der Waals surface area contributed by atoms with Crippen LogP contribution in [0, 0.1) is 5.92 Å². The molecule has 2 atom stereocenters. The molecule has 1 saturated heterocycles. The summed E-state index contributed by atoms with van der Waals surface area (Å²) in [5.41, 5.74) is 0.434. The lowest BCUT2D eigenvalue weighted by Gasteiger charge is -2.44. The fraction of sp³-hybridized carbons (Fsp3) is 0.562. The molecule has 0 aromatic heterocycles. The van der Waals surface area contributed by atoms with Crippen molar-refractivity contribution in [3.63, 3.8) is 0 Å². The lowest BCUT2D eigenvalue weighted by Crippen LogP contribution is -3.07. The highest BCUT2D eigenvalue weighted by Crippen LogP contribution is 2.34. The summed E-state index contributed by atoms with van der Waals surface area (Å²) in [5.74, 6) is -0.197. The Morgan fingerprint density at radius 1 is 1.21 bits per heavy atom. The smallest absolute Gasteiger partial charge is 0.151 e. The van der Waals surface area contributed by atoms with Gasteiger partial charge in [0.05, 0.1) is 18.1 Å². The van der Waals surface area contributed by atoms with Gasteiger partial charge in [-0.25, -0.2) is 0 Å². The molecule has 0 amide bonds. The van der Waals surface area contributed by atoms with Crippen molar-refractivity contribution in [1.29, 1.82) is 0 Å². The third-order valence-corrected chi connectivity index (χ3v) is 4.00. The van der Waals surface area contributed by atoms with Gasteiger partial charge in [-0.2, -0.15) is 0 Å². The molecule has 0 unspecified atom stereocenters. The van der Waals surface area contributed by atoms with E-state index in [1.165, 1.54) is 0 Å². The molecule has 0 saturated carbocycles. The van der Waals surface area contributed by atoms with E-state index in [2.05, 4.69) is 19.2 Å². The molecule has 0 radical (unpaired) electrons. The van der Waals surface area contributed by atoms with Crippen LogP contribution < -0.4 is 5.32 Å². The van der Waals surface area contributed by atoms with E-state index in [0.717, 1.165) is 5.56 Å². The highest BCUT2D eigenvalue weighted by atomic mass is 16.3. The zero-order valence-corrected chi connectivity index (χ0v) is 12.2. The van der Waals surface area contributed by atoms with E-state index in [1.807, 2.05) is 44.2 Å². The van der Waals surface area contributed by atoms with E-state index >= 15 is 0 Å². The number of nitrogens with two attached hydrogens (primary N) is 1. The van der Waals surface area contributed by atoms with Crippen molar-refractivity contribution in [3.05, 3.63) is 35.9 Å². The van der Waals surface area contributed by atoms with E-state index < -0.39 is 6.10 Å². The van der Waals surface area contributed by atoms with Gasteiger partial charge in [-0.1, -0.05) is 30.3 Å². The predicted octanol–water partition coefficient (Wildman–Crippen LogP) is 1.43. The molecule has 0 spiro atoms. The largest absolute Gasteiger partial charge is 0.387 e. The first kappa shape index (κ1) is 14.2. The molecule has 1 heterocycles. The maximum absolute atomic E-state index is 12.5. The second-order valence-corrected chi connectivity index (χ2v) is 6.93. The topological polar surface area (TPSA) is 53.9 Å². The molecule has 0 bridgehead atoms. The van der Waals surface area contributed by atoms with Crippen LogP contribution in [0.1, 0.15) is 45.8 Å². The van der Waals surface area contributed by atoms with Crippen LogP contribution >= 0.6 is 0 Å². The summed E-state index contributed by atoms with van der Waals surface area (Å²) in [4.78, 5) is 12.5. The Morgan fingerprint density at radius 3 is 2.32 bits per heavy atom. The molecule has 1 aromatic rings. The zero-order valence-electron chi connectivity index (χ0n) is 12.2. The Hall–Kier alpha value is -1.19. The standard InChI is InChI=1S/C16H23NO2/c1-15(2)10-12(18)13(16(3,4)17-15)14(19)11-8-6-5-7-9-11/h5-9,13-14,17,19H,10H2,1-4H3/p+1/t13-,14+/m0/s1. The van der Waals surface area contributed by atoms with Crippen LogP contribution in [0.5, 0.6) is 0 Å². The van der Waals surface area contributed by atoms with Gasteiger partial charge >= 0.3 is 0 Å². The fourth-order valence-corrected chi connectivity index (χ4v) is 3.55. The maximum atomic E-state index is 12.5. The van der Waals surface area contributed by atoms with Crippen LogP contribution in [0.4, 0.5) is 0 Å². The third kappa shape index (κ3) is 2.88. The Labute approximate surface area is 115 Å². The van der Waals surface area contributed by atoms with Crippen molar-refractivity contribution < 1.29 is 15.2 Å². The number of ketones is 1. The molecule has 1 aliphatic rings. The molecule has 1 fully saturated rings. The molecular formula is C16H24NO2+. The van der Waals surface area contributed by atoms with Gasteiger partial charge in [-0.05, 0) is 33.3 Å². The van der Waals surface area contributed by atoms with Crippen LogP contribution in [-0.4, -0.2) is 22.0 Å². The summed E-state index contributed by atoms with van der Waals surface area (Å²) >= 11 is 0. The molecule has 1 aromatic carbocycles. The van der Waals surface area contributed by atoms with E-state index in [4.69, 9.17) is 0 Å². The SMILES string of the molecule is CC1(C)CC(=O)[C@@H]([C@H](O)c2ccccc2)C(C)(C)[NH2+]1. The lowest BCUT2D eigenvalue weighted by molar-refractivity contribution is -0.788. The number of carbonyl (C=O) groups excluding carboxylic acids is 1. The van der Waals surface area contributed by atoms with Gasteiger partial charge in [0.2, 0.25) is 0 Å². The number of piperidine rings is 1. The van der Waals surface area contributed by atoms with Crippen molar-refractivity contribution in [2.24, 2.45) is 5.92 Å². The number of Topliss-reactive ketones (excluding diaryl/α,β-unsaturated/α-hetero) is 1. The summed E-state index contributed by atoms with van der Waals surface area (Å²) in [6.45, 7) is 8.25. The third-order valence-electron chi connectivity index (χ3n) is 4.00. The Morgan fingerprint density at radius 2 is 1.79 bits per heavy atom. The van der Waals surface area contributed by atoms with Crippen molar-refractivity contribution in [1.82, 2.24) is 0 Å². The lowest BCUT2D eigenvalue weighted by atomic mass is 9.70. The molecule has 1 aliphatic heterocycles. The van der Waals surface area contributed by atoms with E-state index in [0.29, 0.717) is 6.42 Å². The molecule has 19 heavy (non-hydrogen) atoms. The minimum absolute atomic E-state index is 0.0898. The normalized spacial score (nSPS) is 27.0. The molecule has 104 valence electrons. The van der Waals surface area contributed by atoms with E-state index in [9.17, 15) is 9.90 Å². The molecule has 3 heteroatoms. The van der Waals surface area contributed by atoms with Crippen LogP contribution in [-0.2, 0) is 4.79 Å². The number of quaternary nitrogens is 1. The summed E-state index contributed by atoms with van der Waals surface area (Å²) in [6.07, 6.45) is -0.221. The number of benzene rings is 1. The van der Waals surface area contributed by atoms with E-state index in [-0.39, 0.29) is 22.8 Å². The molecule has 3 nitrogen and oxygen atoms in total. The molecular weight excluding hydrogens is 238 g/mol. The number of aliphatic hydroxyl groups is 1. The first-order chi connectivity index (χ1) is 8.73. The van der Waals surface area contributed by atoms with Crippen molar-refractivity contribution in [2.45, 2.75) is 51.3 Å². The van der Waals surface area contributed by atoms with Crippen molar-refractivity contribution in [3.8, 4) is 0 Å². The number of carbonyl (C=O) groups is 1. The molecule has 2 rings (SSSR count). The Balaban J connectivity index is 2.31. The minimum Gasteiger partial charge on any atom is -0.387 e. The van der Waals surface area contributed by atoms with E-state index in [1.54, 1.807) is 0 Å². The summed E-state index contributed by atoms with van der Waals surface area (Å²) in [5, 5.41) is 12.8. The second kappa shape index (κ2) is 4.73. The summed E-state index contributed by atoms with van der Waals surface area (Å²) < 4.78 is 0. The van der Waals surface area contributed by atoms with Crippen molar-refractivity contribution >= 4 is 5.78 Å². The van der Waals surface area contributed by atoms with Gasteiger partial charge in [0.1, 0.15) is 11.5 Å². The number of rotatable bonds is 2. The average Bonchev–Trinajstić information content (AvgIpc) is 2.25. The highest BCUT2D eigenvalue weighted by Gasteiger charge is 2.52. The van der Waals surface area contributed by atoms with Gasteiger partial charge in [-0.3, -0.25) is 4.79 Å². The second-order valence-electron chi connectivity index (χ2n) is 6.93. The summed E-state index contributed by atoms with van der Waals surface area (Å²) in [7, 11) is 0. The number of hydrogen-bond donors (Lipinski definition) is 2. The molecule has 0 aliphatic carbocycles. The highest BCUT2D eigenvalue weighted by molar-refractivity contribution is 5.84. The van der Waals surface area contributed by atoms with Gasteiger partial charge in [0.25, 0.3) is 0 Å². The first-order valence-electron chi connectivity index (χ1n) is 6.86. The van der Waals surface area contributed by atoms with Crippen LogP contribution in [0.2, 0.25) is 0 Å². The molecule has 3 N–H and O–H groups in total. The average molecular weight is 262 g/mol. The van der Waals surface area contributed by atoms with Gasteiger partial charge in [0.15, 0.2) is 5.78 Å². The van der Waals surface area contributed by atoms with Gasteiger partial charge < -0.3 is 10.4 Å². The van der Waals surface area contributed by atoms with Gasteiger partial charge in [-0.15, -0.1) is 0 Å². The summed E-state index contributed by atoms with van der Waals surface area (Å²) in [6, 6.07) is 9.47. The first-order valence-corrected chi connectivity index (χ1v) is 6.86. The predicted molar refractivity (Wildman–Crippen MR) is 74.6 cm³/mol. The number of aliphatic hydroxyl groups excluding tert-OH is 1. The van der Waals surface area contributed by atoms with Crippen LogP contribution in [0.15, 0.2) is 30.3 Å².